The normalized spacial score (nSPS) is 16.4. The second kappa shape index (κ2) is 8.43. The van der Waals surface area contributed by atoms with E-state index in [0.29, 0.717) is 17.6 Å². The average molecular weight is 479 g/mol. The number of H-pyrrole nitrogens is 1. The fourth-order valence-electron chi connectivity index (χ4n) is 3.92. The number of imidazole rings is 1. The molecular weight excluding hydrogens is 456 g/mol. The first-order valence-electron chi connectivity index (χ1n) is 9.61. The standard InChI is InChI=1S/C20H23BrN4O3S/c21-16-5-1-4-8-19(16)29(27,28)22-11-14-24-12-9-15(10-13-24)25-18-7-3-2-6-17(18)23-20(25)26/h1-8,15,22H,9-14H2,(H,23,26). The van der Waals surface area contributed by atoms with Gasteiger partial charge in [0.1, 0.15) is 0 Å². The van der Waals surface area contributed by atoms with Gasteiger partial charge in [-0.2, -0.15) is 0 Å². The molecule has 0 aliphatic carbocycles. The number of benzene rings is 2. The number of hydrogen-bond donors (Lipinski definition) is 2. The van der Waals surface area contributed by atoms with Crippen LogP contribution in [0.5, 0.6) is 0 Å². The number of piperidine rings is 1. The van der Waals surface area contributed by atoms with Gasteiger partial charge in [-0.1, -0.05) is 24.3 Å². The molecule has 1 saturated heterocycles. The zero-order valence-electron chi connectivity index (χ0n) is 15.8. The van der Waals surface area contributed by atoms with E-state index in [4.69, 9.17) is 0 Å². The van der Waals surface area contributed by atoms with Crippen LogP contribution in [0.3, 0.4) is 0 Å². The summed E-state index contributed by atoms with van der Waals surface area (Å²) in [6, 6.07) is 14.7. The number of aromatic nitrogens is 2. The molecule has 7 nitrogen and oxygen atoms in total. The molecule has 0 amide bonds. The van der Waals surface area contributed by atoms with Crippen molar-refractivity contribution >= 4 is 37.0 Å². The topological polar surface area (TPSA) is 87.2 Å². The summed E-state index contributed by atoms with van der Waals surface area (Å²) in [5.41, 5.74) is 1.74. The van der Waals surface area contributed by atoms with Gasteiger partial charge in [0.2, 0.25) is 10.0 Å². The Hall–Kier alpha value is -1.94. The smallest absolute Gasteiger partial charge is 0.306 e. The van der Waals surface area contributed by atoms with Crippen LogP contribution in [0.15, 0.2) is 62.7 Å². The zero-order valence-corrected chi connectivity index (χ0v) is 18.2. The largest absolute Gasteiger partial charge is 0.326 e. The Bertz CT molecular complexity index is 1160. The van der Waals surface area contributed by atoms with Crippen molar-refractivity contribution in [2.75, 3.05) is 26.2 Å². The summed E-state index contributed by atoms with van der Waals surface area (Å²) in [5.74, 6) is 0. The third kappa shape index (κ3) is 4.32. The van der Waals surface area contributed by atoms with Crippen LogP contribution in [0.1, 0.15) is 18.9 Å². The Morgan fingerprint density at radius 3 is 2.52 bits per heavy atom. The van der Waals surface area contributed by atoms with Crippen LogP contribution < -0.4 is 10.4 Å². The predicted molar refractivity (Wildman–Crippen MR) is 117 cm³/mol. The molecular formula is C20H23BrN4O3S. The van der Waals surface area contributed by atoms with E-state index in [2.05, 4.69) is 30.5 Å². The van der Waals surface area contributed by atoms with Crippen LogP contribution in [-0.4, -0.2) is 49.0 Å². The van der Waals surface area contributed by atoms with E-state index in [0.717, 1.165) is 37.0 Å². The Kier molecular flexibility index (Phi) is 5.91. The molecule has 9 heteroatoms. The van der Waals surface area contributed by atoms with E-state index >= 15 is 0 Å². The van der Waals surface area contributed by atoms with Crippen LogP contribution >= 0.6 is 15.9 Å². The van der Waals surface area contributed by atoms with E-state index in [1.165, 1.54) is 0 Å². The summed E-state index contributed by atoms with van der Waals surface area (Å²) < 4.78 is 30.0. The Morgan fingerprint density at radius 2 is 1.76 bits per heavy atom. The number of nitrogens with zero attached hydrogens (tertiary/aromatic N) is 2. The van der Waals surface area contributed by atoms with Crippen LogP contribution in [0, 0.1) is 0 Å². The van der Waals surface area contributed by atoms with Crippen molar-refractivity contribution in [3.63, 3.8) is 0 Å². The first-order valence-corrected chi connectivity index (χ1v) is 11.9. The Morgan fingerprint density at radius 1 is 1.07 bits per heavy atom. The fraction of sp³-hybridized carbons (Fsp3) is 0.350. The van der Waals surface area contributed by atoms with Gasteiger partial charge in [-0.15, -0.1) is 0 Å². The number of nitrogens with one attached hydrogen (secondary N) is 2. The Labute approximate surface area is 177 Å². The van der Waals surface area contributed by atoms with Crippen molar-refractivity contribution in [3.05, 3.63) is 63.5 Å². The zero-order chi connectivity index (χ0) is 20.4. The van der Waals surface area contributed by atoms with Crippen molar-refractivity contribution in [2.45, 2.75) is 23.8 Å². The van der Waals surface area contributed by atoms with Crippen molar-refractivity contribution < 1.29 is 8.42 Å². The molecule has 0 saturated carbocycles. The molecule has 0 spiro atoms. The van der Waals surface area contributed by atoms with E-state index in [9.17, 15) is 13.2 Å². The SMILES string of the molecule is O=c1[nH]c2ccccc2n1C1CCN(CCNS(=O)(=O)c2ccccc2Br)CC1. The van der Waals surface area contributed by atoms with Crippen LogP contribution in [0.25, 0.3) is 11.0 Å². The highest BCUT2D eigenvalue weighted by molar-refractivity contribution is 9.10. The summed E-state index contributed by atoms with van der Waals surface area (Å²) in [4.78, 5) is 17.8. The van der Waals surface area contributed by atoms with E-state index in [1.807, 2.05) is 28.8 Å². The molecule has 1 aliphatic rings. The molecule has 154 valence electrons. The first kappa shape index (κ1) is 20.3. The molecule has 1 aromatic heterocycles. The number of halogens is 1. The van der Waals surface area contributed by atoms with Gasteiger partial charge in [0.15, 0.2) is 0 Å². The lowest BCUT2D eigenvalue weighted by Gasteiger charge is -2.32. The fourth-order valence-corrected chi connectivity index (χ4v) is 5.94. The highest BCUT2D eigenvalue weighted by atomic mass is 79.9. The summed E-state index contributed by atoms with van der Waals surface area (Å²) >= 11 is 3.29. The van der Waals surface area contributed by atoms with Crippen LogP contribution in [-0.2, 0) is 10.0 Å². The van der Waals surface area contributed by atoms with Gasteiger partial charge < -0.3 is 9.88 Å². The molecule has 0 bridgehead atoms. The van der Waals surface area contributed by atoms with Crippen LogP contribution in [0.2, 0.25) is 0 Å². The number of sulfonamides is 1. The maximum absolute atomic E-state index is 12.5. The average Bonchev–Trinajstić information content (AvgIpc) is 3.04. The second-order valence-electron chi connectivity index (χ2n) is 7.22. The number of hydrogen-bond acceptors (Lipinski definition) is 4. The van der Waals surface area contributed by atoms with E-state index in [-0.39, 0.29) is 16.6 Å². The van der Waals surface area contributed by atoms with Crippen molar-refractivity contribution in [2.24, 2.45) is 0 Å². The molecule has 4 rings (SSSR count). The number of para-hydroxylation sites is 2. The highest BCUT2D eigenvalue weighted by Gasteiger charge is 2.24. The van der Waals surface area contributed by atoms with Gasteiger partial charge >= 0.3 is 5.69 Å². The third-order valence-electron chi connectivity index (χ3n) is 5.39. The quantitative estimate of drug-likeness (QED) is 0.569. The Balaban J connectivity index is 1.33. The number of rotatable bonds is 6. The molecule has 29 heavy (non-hydrogen) atoms. The predicted octanol–water partition coefficient (Wildman–Crippen LogP) is 2.71. The molecule has 0 atom stereocenters. The van der Waals surface area contributed by atoms with Gasteiger partial charge in [-0.25, -0.2) is 17.9 Å². The molecule has 0 unspecified atom stereocenters. The van der Waals surface area contributed by atoms with Crippen molar-refractivity contribution in [1.29, 1.82) is 0 Å². The number of aromatic amines is 1. The molecule has 2 N–H and O–H groups in total. The van der Waals surface area contributed by atoms with Gasteiger partial charge in [0, 0.05) is 36.7 Å². The molecule has 1 fully saturated rings. The molecule has 2 aromatic carbocycles. The van der Waals surface area contributed by atoms with Crippen molar-refractivity contribution in [3.8, 4) is 0 Å². The molecule has 3 aromatic rings. The summed E-state index contributed by atoms with van der Waals surface area (Å²) in [7, 11) is -3.54. The minimum Gasteiger partial charge on any atom is -0.306 e. The lowest BCUT2D eigenvalue weighted by Crippen LogP contribution is -2.41. The van der Waals surface area contributed by atoms with Gasteiger partial charge in [-0.05, 0) is 53.0 Å². The monoisotopic (exact) mass is 478 g/mol. The van der Waals surface area contributed by atoms with E-state index in [1.54, 1.807) is 24.3 Å². The summed E-state index contributed by atoms with van der Waals surface area (Å²) in [6.45, 7) is 2.64. The van der Waals surface area contributed by atoms with Gasteiger partial charge in [0.25, 0.3) is 0 Å². The van der Waals surface area contributed by atoms with Crippen molar-refractivity contribution in [1.82, 2.24) is 19.2 Å². The minimum absolute atomic E-state index is 0.0640. The molecule has 1 aliphatic heterocycles. The summed E-state index contributed by atoms with van der Waals surface area (Å²) in [6.07, 6.45) is 1.72. The summed E-state index contributed by atoms with van der Waals surface area (Å²) in [5, 5.41) is 0. The molecule has 0 radical (unpaired) electrons. The maximum atomic E-state index is 12.5. The lowest BCUT2D eigenvalue weighted by molar-refractivity contribution is 0.190. The van der Waals surface area contributed by atoms with Gasteiger partial charge in [-0.3, -0.25) is 4.57 Å². The van der Waals surface area contributed by atoms with Gasteiger partial charge in [0.05, 0.1) is 15.9 Å². The number of likely N-dealkylation sites (tertiary alicyclic amines) is 1. The maximum Gasteiger partial charge on any atom is 0.326 e. The first-order chi connectivity index (χ1) is 14.0. The van der Waals surface area contributed by atoms with E-state index < -0.39 is 10.0 Å². The molecule has 2 heterocycles. The second-order valence-corrected chi connectivity index (χ2v) is 9.81. The van der Waals surface area contributed by atoms with Crippen LogP contribution in [0.4, 0.5) is 0 Å². The lowest BCUT2D eigenvalue weighted by atomic mass is 10.0. The third-order valence-corrected chi connectivity index (χ3v) is 7.87. The minimum atomic E-state index is -3.54. The number of fused-ring (bicyclic) bond motifs is 1. The highest BCUT2D eigenvalue weighted by Crippen LogP contribution is 2.25.